The third-order valence-corrected chi connectivity index (χ3v) is 3.98. The van der Waals surface area contributed by atoms with E-state index in [0.717, 1.165) is 17.7 Å². The molecule has 0 radical (unpaired) electrons. The molecule has 3 aromatic heterocycles. The molecule has 0 saturated carbocycles. The molecule has 3 aromatic rings. The van der Waals surface area contributed by atoms with Gasteiger partial charge in [-0.25, -0.2) is 9.67 Å². The number of aromatic nitrogens is 5. The zero-order valence-corrected chi connectivity index (χ0v) is 14.6. The van der Waals surface area contributed by atoms with E-state index in [0.29, 0.717) is 23.1 Å². The second kappa shape index (κ2) is 6.84. The summed E-state index contributed by atoms with van der Waals surface area (Å²) >= 11 is 0. The second-order valence-corrected chi connectivity index (χ2v) is 5.89. The summed E-state index contributed by atoms with van der Waals surface area (Å²) < 4.78 is 6.76. The maximum atomic E-state index is 12.3. The summed E-state index contributed by atoms with van der Waals surface area (Å²) in [6.45, 7) is 7.60. The molecule has 25 heavy (non-hydrogen) atoms. The maximum Gasteiger partial charge on any atom is 0.259 e. The summed E-state index contributed by atoms with van der Waals surface area (Å²) in [5.41, 5.74) is 2.00. The van der Waals surface area contributed by atoms with Gasteiger partial charge in [-0.15, -0.1) is 0 Å². The van der Waals surface area contributed by atoms with Gasteiger partial charge >= 0.3 is 0 Å². The molecular weight excluding hydrogens is 320 g/mol. The van der Waals surface area contributed by atoms with Crippen LogP contribution in [0.1, 0.15) is 42.1 Å². The van der Waals surface area contributed by atoms with E-state index in [1.165, 1.54) is 0 Å². The Kier molecular flexibility index (Phi) is 4.60. The van der Waals surface area contributed by atoms with Crippen molar-refractivity contribution in [2.75, 3.05) is 0 Å². The van der Waals surface area contributed by atoms with Crippen LogP contribution >= 0.6 is 0 Å². The maximum absolute atomic E-state index is 12.3. The number of rotatable bonds is 5. The van der Waals surface area contributed by atoms with Crippen molar-refractivity contribution in [2.24, 2.45) is 0 Å². The molecule has 3 rings (SSSR count). The Morgan fingerprint density at radius 3 is 2.72 bits per heavy atom. The van der Waals surface area contributed by atoms with Crippen LogP contribution in [0.15, 0.2) is 29.0 Å². The SMILES string of the molecule is CCC(C)NC(=O)c1cnn(-c2ccc(-c3nc(C)no3)cn2)c1C. The van der Waals surface area contributed by atoms with Crippen molar-refractivity contribution in [1.82, 2.24) is 30.2 Å². The average molecular weight is 340 g/mol. The lowest BCUT2D eigenvalue weighted by atomic mass is 10.2. The first-order valence-corrected chi connectivity index (χ1v) is 8.12. The van der Waals surface area contributed by atoms with Crippen LogP contribution in [0.2, 0.25) is 0 Å². The van der Waals surface area contributed by atoms with Crippen LogP contribution in [0.4, 0.5) is 0 Å². The van der Waals surface area contributed by atoms with E-state index in [9.17, 15) is 4.79 Å². The van der Waals surface area contributed by atoms with Crippen LogP contribution in [0.3, 0.4) is 0 Å². The number of carbonyl (C=O) groups excluding carboxylic acids is 1. The summed E-state index contributed by atoms with van der Waals surface area (Å²) in [6.07, 6.45) is 4.07. The van der Waals surface area contributed by atoms with Crippen LogP contribution in [-0.2, 0) is 0 Å². The minimum atomic E-state index is -0.129. The first kappa shape index (κ1) is 16.8. The molecule has 0 aliphatic carbocycles. The average Bonchev–Trinajstić information content (AvgIpc) is 3.21. The zero-order valence-electron chi connectivity index (χ0n) is 14.6. The van der Waals surface area contributed by atoms with Crippen molar-refractivity contribution >= 4 is 5.91 Å². The van der Waals surface area contributed by atoms with Gasteiger partial charge in [0.15, 0.2) is 11.6 Å². The molecule has 0 saturated heterocycles. The third kappa shape index (κ3) is 3.42. The Hall–Kier alpha value is -3.03. The lowest BCUT2D eigenvalue weighted by Crippen LogP contribution is -2.32. The fourth-order valence-electron chi connectivity index (χ4n) is 2.32. The van der Waals surface area contributed by atoms with Gasteiger partial charge in [0, 0.05) is 12.2 Å². The fourth-order valence-corrected chi connectivity index (χ4v) is 2.32. The standard InChI is InChI=1S/C17H20N6O2/c1-5-10(2)20-16(24)14-9-19-23(11(14)3)15-7-6-13(8-18-15)17-21-12(4)22-25-17/h6-10H,5H2,1-4H3,(H,20,24). The summed E-state index contributed by atoms with van der Waals surface area (Å²) in [5, 5.41) is 11.0. The van der Waals surface area contributed by atoms with Gasteiger partial charge in [-0.1, -0.05) is 12.1 Å². The van der Waals surface area contributed by atoms with Gasteiger partial charge in [-0.2, -0.15) is 10.1 Å². The van der Waals surface area contributed by atoms with Crippen LogP contribution < -0.4 is 5.32 Å². The molecule has 1 atom stereocenters. The Morgan fingerprint density at radius 2 is 2.12 bits per heavy atom. The minimum Gasteiger partial charge on any atom is -0.349 e. The van der Waals surface area contributed by atoms with E-state index in [-0.39, 0.29) is 11.9 Å². The Balaban J connectivity index is 1.84. The molecule has 0 bridgehead atoms. The number of hydrogen-bond donors (Lipinski definition) is 1. The van der Waals surface area contributed by atoms with E-state index in [2.05, 4.69) is 25.5 Å². The minimum absolute atomic E-state index is 0.116. The largest absolute Gasteiger partial charge is 0.349 e. The monoisotopic (exact) mass is 340 g/mol. The second-order valence-electron chi connectivity index (χ2n) is 5.89. The van der Waals surface area contributed by atoms with Crippen molar-refractivity contribution in [3.63, 3.8) is 0 Å². The highest BCUT2D eigenvalue weighted by Crippen LogP contribution is 2.18. The van der Waals surface area contributed by atoms with Gasteiger partial charge in [0.2, 0.25) is 0 Å². The van der Waals surface area contributed by atoms with Crippen molar-refractivity contribution in [3.05, 3.63) is 41.6 Å². The highest BCUT2D eigenvalue weighted by molar-refractivity contribution is 5.95. The molecule has 1 unspecified atom stereocenters. The molecule has 0 aliphatic heterocycles. The van der Waals surface area contributed by atoms with E-state index >= 15 is 0 Å². The fraction of sp³-hybridized carbons (Fsp3) is 0.353. The third-order valence-electron chi connectivity index (χ3n) is 3.98. The summed E-state index contributed by atoms with van der Waals surface area (Å²) in [7, 11) is 0. The molecule has 1 amide bonds. The number of pyridine rings is 1. The smallest absolute Gasteiger partial charge is 0.259 e. The van der Waals surface area contributed by atoms with Gasteiger partial charge in [0.25, 0.3) is 11.8 Å². The number of nitrogens with one attached hydrogen (secondary N) is 1. The first-order chi connectivity index (χ1) is 12.0. The Morgan fingerprint density at radius 1 is 1.32 bits per heavy atom. The predicted molar refractivity (Wildman–Crippen MR) is 91.3 cm³/mol. The number of carbonyl (C=O) groups is 1. The number of hydrogen-bond acceptors (Lipinski definition) is 6. The lowest BCUT2D eigenvalue weighted by molar-refractivity contribution is 0.0938. The molecule has 8 nitrogen and oxygen atoms in total. The normalized spacial score (nSPS) is 12.2. The van der Waals surface area contributed by atoms with Crippen molar-refractivity contribution in [3.8, 4) is 17.3 Å². The van der Waals surface area contributed by atoms with Gasteiger partial charge in [-0.05, 0) is 39.3 Å². The van der Waals surface area contributed by atoms with E-state index in [1.54, 1.807) is 30.1 Å². The van der Waals surface area contributed by atoms with Gasteiger partial charge < -0.3 is 9.84 Å². The molecule has 3 heterocycles. The molecule has 0 fully saturated rings. The number of amides is 1. The van der Waals surface area contributed by atoms with Crippen molar-refractivity contribution < 1.29 is 9.32 Å². The van der Waals surface area contributed by atoms with Crippen LogP contribution in [0, 0.1) is 13.8 Å². The van der Waals surface area contributed by atoms with Crippen molar-refractivity contribution in [2.45, 2.75) is 40.2 Å². The molecule has 0 spiro atoms. The summed E-state index contributed by atoms with van der Waals surface area (Å²) in [4.78, 5) is 20.9. The van der Waals surface area contributed by atoms with Crippen molar-refractivity contribution in [1.29, 1.82) is 0 Å². The van der Waals surface area contributed by atoms with Gasteiger partial charge in [0.1, 0.15) is 0 Å². The molecule has 1 N–H and O–H groups in total. The van der Waals surface area contributed by atoms with Crippen LogP contribution in [0.5, 0.6) is 0 Å². The quantitative estimate of drug-likeness (QED) is 0.766. The van der Waals surface area contributed by atoms with E-state index in [4.69, 9.17) is 4.52 Å². The molecule has 8 heteroatoms. The first-order valence-electron chi connectivity index (χ1n) is 8.12. The summed E-state index contributed by atoms with van der Waals surface area (Å²) in [5.74, 6) is 1.47. The zero-order chi connectivity index (χ0) is 18.0. The summed E-state index contributed by atoms with van der Waals surface area (Å²) in [6, 6.07) is 3.74. The van der Waals surface area contributed by atoms with E-state index in [1.807, 2.05) is 26.8 Å². The Bertz CT molecular complexity index is 881. The van der Waals surface area contributed by atoms with Crippen LogP contribution in [-0.4, -0.2) is 36.9 Å². The van der Waals surface area contributed by atoms with Gasteiger partial charge in [0.05, 0.1) is 23.0 Å². The number of nitrogens with zero attached hydrogens (tertiary/aromatic N) is 5. The Labute approximate surface area is 145 Å². The number of aryl methyl sites for hydroxylation is 1. The predicted octanol–water partition coefficient (Wildman–Crippen LogP) is 2.46. The van der Waals surface area contributed by atoms with Gasteiger partial charge in [-0.3, -0.25) is 4.79 Å². The van der Waals surface area contributed by atoms with Crippen LogP contribution in [0.25, 0.3) is 17.3 Å². The lowest BCUT2D eigenvalue weighted by Gasteiger charge is -2.11. The molecular formula is C17H20N6O2. The highest BCUT2D eigenvalue weighted by Gasteiger charge is 2.17. The molecule has 0 aliphatic rings. The molecule has 0 aromatic carbocycles. The topological polar surface area (TPSA) is 98.7 Å². The molecule has 130 valence electrons. The van der Waals surface area contributed by atoms with E-state index < -0.39 is 0 Å². The highest BCUT2D eigenvalue weighted by atomic mass is 16.5.